The lowest BCUT2D eigenvalue weighted by atomic mass is 10.2. The van der Waals surface area contributed by atoms with Crippen LogP contribution in [0.25, 0.3) is 0 Å². The van der Waals surface area contributed by atoms with Gasteiger partial charge in [-0.1, -0.05) is 24.3 Å². The van der Waals surface area contributed by atoms with E-state index in [4.69, 9.17) is 9.47 Å². The third-order valence-corrected chi connectivity index (χ3v) is 3.74. The first-order valence-corrected chi connectivity index (χ1v) is 7.69. The van der Waals surface area contributed by atoms with Crippen LogP contribution < -0.4 is 14.8 Å². The van der Waals surface area contributed by atoms with E-state index in [1.54, 1.807) is 30.1 Å². The van der Waals surface area contributed by atoms with Crippen molar-refractivity contribution in [3.8, 4) is 11.5 Å². The number of nitrogens with one attached hydrogen (secondary N) is 1. The number of fused-ring (bicyclic) bond motifs is 1. The van der Waals surface area contributed by atoms with E-state index in [0.29, 0.717) is 24.4 Å². The summed E-state index contributed by atoms with van der Waals surface area (Å²) in [4.78, 5) is 13.8. The number of hydrogen-bond acceptors (Lipinski definition) is 4. The molecular weight excluding hydrogens is 311 g/mol. The Morgan fingerprint density at radius 3 is 2.83 bits per heavy atom. The van der Waals surface area contributed by atoms with Crippen LogP contribution in [0.2, 0.25) is 0 Å². The molecule has 0 fully saturated rings. The number of ether oxygens (including phenoxy) is 2. The summed E-state index contributed by atoms with van der Waals surface area (Å²) in [5, 5.41) is 2.85. The van der Waals surface area contributed by atoms with Crippen LogP contribution in [0.5, 0.6) is 11.5 Å². The maximum absolute atomic E-state index is 13.6. The van der Waals surface area contributed by atoms with Gasteiger partial charge in [-0.15, -0.1) is 0 Å². The standard InChI is InChI=1S/C18H19FN2O3/c1-21(10-14-4-2-3-5-15(14)19)11-18(22)20-9-13-6-7-16-17(8-13)24-12-23-16/h2-8H,9-12H2,1H3,(H,20,22). The first kappa shape index (κ1) is 16.3. The molecule has 1 N–H and O–H groups in total. The van der Waals surface area contributed by atoms with Crippen LogP contribution in [0, 0.1) is 5.82 Å². The zero-order valence-corrected chi connectivity index (χ0v) is 13.4. The third-order valence-electron chi connectivity index (χ3n) is 3.74. The van der Waals surface area contributed by atoms with Crippen LogP contribution in [0.1, 0.15) is 11.1 Å². The first-order chi connectivity index (χ1) is 11.6. The number of hydrogen-bond donors (Lipinski definition) is 1. The number of carbonyl (C=O) groups excluding carboxylic acids is 1. The molecule has 0 saturated heterocycles. The Morgan fingerprint density at radius 2 is 2.00 bits per heavy atom. The van der Waals surface area contributed by atoms with Crippen molar-refractivity contribution in [3.05, 3.63) is 59.4 Å². The minimum Gasteiger partial charge on any atom is -0.454 e. The molecule has 2 aromatic rings. The van der Waals surface area contributed by atoms with Gasteiger partial charge in [-0.25, -0.2) is 4.39 Å². The average molecular weight is 330 g/mol. The third kappa shape index (κ3) is 4.02. The number of carbonyl (C=O) groups is 1. The molecule has 5 nitrogen and oxygen atoms in total. The molecule has 1 heterocycles. The summed E-state index contributed by atoms with van der Waals surface area (Å²) in [6.45, 7) is 1.21. The van der Waals surface area contributed by atoms with E-state index in [-0.39, 0.29) is 25.1 Å². The Bertz CT molecular complexity index is 736. The van der Waals surface area contributed by atoms with E-state index in [9.17, 15) is 9.18 Å². The molecule has 0 aliphatic carbocycles. The molecule has 6 heteroatoms. The Morgan fingerprint density at radius 1 is 1.21 bits per heavy atom. The molecule has 0 spiro atoms. The maximum Gasteiger partial charge on any atom is 0.234 e. The summed E-state index contributed by atoms with van der Waals surface area (Å²) in [5.74, 6) is 1.03. The van der Waals surface area contributed by atoms with Gasteiger partial charge in [0, 0.05) is 18.7 Å². The normalized spacial score (nSPS) is 12.5. The number of nitrogens with zero attached hydrogens (tertiary/aromatic N) is 1. The lowest BCUT2D eigenvalue weighted by Crippen LogP contribution is -2.34. The molecule has 126 valence electrons. The van der Waals surface area contributed by atoms with Crippen molar-refractivity contribution < 1.29 is 18.7 Å². The molecule has 0 bridgehead atoms. The Kier molecular flexibility index (Phi) is 4.96. The van der Waals surface area contributed by atoms with Crippen LogP contribution in [-0.2, 0) is 17.9 Å². The molecule has 0 atom stereocenters. The molecule has 1 aliphatic heterocycles. The van der Waals surface area contributed by atoms with Crippen LogP contribution in [0.4, 0.5) is 4.39 Å². The minimum atomic E-state index is -0.259. The zero-order chi connectivity index (χ0) is 16.9. The van der Waals surface area contributed by atoms with Crippen molar-refractivity contribution in [2.24, 2.45) is 0 Å². The molecule has 2 aromatic carbocycles. The van der Waals surface area contributed by atoms with Gasteiger partial charge in [0.25, 0.3) is 0 Å². The van der Waals surface area contributed by atoms with Crippen molar-refractivity contribution in [1.29, 1.82) is 0 Å². The second-order valence-electron chi connectivity index (χ2n) is 5.73. The minimum absolute atomic E-state index is 0.119. The lowest BCUT2D eigenvalue weighted by Gasteiger charge is -2.16. The largest absolute Gasteiger partial charge is 0.454 e. The molecule has 1 amide bonds. The van der Waals surface area contributed by atoms with Crippen molar-refractivity contribution in [1.82, 2.24) is 10.2 Å². The fourth-order valence-corrected chi connectivity index (χ4v) is 2.53. The van der Waals surface area contributed by atoms with Crippen molar-refractivity contribution >= 4 is 5.91 Å². The fourth-order valence-electron chi connectivity index (χ4n) is 2.53. The van der Waals surface area contributed by atoms with E-state index in [2.05, 4.69) is 5.32 Å². The SMILES string of the molecule is CN(CC(=O)NCc1ccc2c(c1)OCO2)Cc1ccccc1F. The number of rotatable bonds is 6. The Hall–Kier alpha value is -2.60. The molecule has 3 rings (SSSR count). The van der Waals surface area contributed by atoms with E-state index in [0.717, 1.165) is 11.3 Å². The highest BCUT2D eigenvalue weighted by atomic mass is 19.1. The smallest absolute Gasteiger partial charge is 0.234 e. The van der Waals surface area contributed by atoms with Crippen molar-refractivity contribution in [2.45, 2.75) is 13.1 Å². The second kappa shape index (κ2) is 7.31. The monoisotopic (exact) mass is 330 g/mol. The predicted octanol–water partition coefficient (Wildman–Crippen LogP) is 2.30. The van der Waals surface area contributed by atoms with Crippen molar-refractivity contribution in [2.75, 3.05) is 20.4 Å². The quantitative estimate of drug-likeness (QED) is 0.883. The molecule has 1 aliphatic rings. The van der Waals surface area contributed by atoms with Gasteiger partial charge >= 0.3 is 0 Å². The van der Waals surface area contributed by atoms with Crippen LogP contribution in [0.3, 0.4) is 0 Å². The molecule has 0 saturated carbocycles. The van der Waals surface area contributed by atoms with E-state index >= 15 is 0 Å². The van der Waals surface area contributed by atoms with Crippen LogP contribution in [-0.4, -0.2) is 31.2 Å². The summed E-state index contributed by atoms with van der Waals surface area (Å²) >= 11 is 0. The molecule has 0 radical (unpaired) electrons. The average Bonchev–Trinajstić information content (AvgIpc) is 3.02. The van der Waals surface area contributed by atoms with Gasteiger partial charge in [0.2, 0.25) is 12.7 Å². The van der Waals surface area contributed by atoms with Crippen LogP contribution >= 0.6 is 0 Å². The van der Waals surface area contributed by atoms with E-state index < -0.39 is 0 Å². The molecular formula is C18H19FN2O3. The zero-order valence-electron chi connectivity index (χ0n) is 13.4. The summed E-state index contributed by atoms with van der Waals surface area (Å²) in [6.07, 6.45) is 0. The van der Waals surface area contributed by atoms with Crippen molar-refractivity contribution in [3.63, 3.8) is 0 Å². The second-order valence-corrected chi connectivity index (χ2v) is 5.73. The van der Waals surface area contributed by atoms with Gasteiger partial charge in [0.05, 0.1) is 6.54 Å². The number of halogens is 1. The van der Waals surface area contributed by atoms with Gasteiger partial charge in [0.15, 0.2) is 11.5 Å². The lowest BCUT2D eigenvalue weighted by molar-refractivity contribution is -0.122. The molecule has 0 unspecified atom stereocenters. The summed E-state index contributed by atoms with van der Waals surface area (Å²) in [7, 11) is 1.78. The summed E-state index contributed by atoms with van der Waals surface area (Å²) in [6, 6.07) is 12.1. The predicted molar refractivity (Wildman–Crippen MR) is 87.1 cm³/mol. The fraction of sp³-hybridized carbons (Fsp3) is 0.278. The topological polar surface area (TPSA) is 50.8 Å². The maximum atomic E-state index is 13.6. The number of likely N-dealkylation sites (N-methyl/N-ethyl adjacent to an activating group) is 1. The summed E-state index contributed by atoms with van der Waals surface area (Å²) in [5.41, 5.74) is 1.51. The van der Waals surface area contributed by atoms with E-state index in [1.807, 2.05) is 18.2 Å². The van der Waals surface area contributed by atoms with Crippen LogP contribution in [0.15, 0.2) is 42.5 Å². The molecule has 24 heavy (non-hydrogen) atoms. The van der Waals surface area contributed by atoms with Gasteiger partial charge in [-0.3, -0.25) is 9.69 Å². The van der Waals surface area contributed by atoms with Gasteiger partial charge < -0.3 is 14.8 Å². The van der Waals surface area contributed by atoms with Gasteiger partial charge in [-0.2, -0.15) is 0 Å². The highest BCUT2D eigenvalue weighted by molar-refractivity contribution is 5.78. The van der Waals surface area contributed by atoms with Gasteiger partial charge in [0.1, 0.15) is 5.82 Å². The number of amides is 1. The highest BCUT2D eigenvalue weighted by Gasteiger charge is 2.14. The first-order valence-electron chi connectivity index (χ1n) is 7.69. The summed E-state index contributed by atoms with van der Waals surface area (Å²) < 4.78 is 24.2. The van der Waals surface area contributed by atoms with Gasteiger partial charge in [-0.05, 0) is 30.8 Å². The Balaban J connectivity index is 1.48. The highest BCUT2D eigenvalue weighted by Crippen LogP contribution is 2.32. The molecule has 0 aromatic heterocycles. The number of benzene rings is 2. The Labute approximate surface area is 140 Å². The van der Waals surface area contributed by atoms with E-state index in [1.165, 1.54) is 6.07 Å².